The van der Waals surface area contributed by atoms with Crippen molar-refractivity contribution < 1.29 is 24.2 Å². The molecular weight excluding hydrogens is 400 g/mol. The van der Waals surface area contributed by atoms with Crippen LogP contribution in [0.25, 0.3) is 0 Å². The number of nitrogens with zero attached hydrogens (tertiary/aromatic N) is 2. The number of esters is 1. The zero-order chi connectivity index (χ0) is 23.2. The van der Waals surface area contributed by atoms with Crippen LogP contribution in [0.2, 0.25) is 0 Å². The molecule has 1 atom stereocenters. The van der Waals surface area contributed by atoms with Gasteiger partial charge in [0.05, 0.1) is 6.61 Å². The van der Waals surface area contributed by atoms with E-state index in [1.807, 2.05) is 19.9 Å². The number of primary amides is 1. The molecule has 1 saturated heterocycles. The van der Waals surface area contributed by atoms with Crippen LogP contribution in [-0.2, 0) is 20.7 Å². The molecule has 1 aromatic carbocycles. The number of carbonyl (C=O) groups excluding carboxylic acids is 2. The zero-order valence-corrected chi connectivity index (χ0v) is 18.5. The molecule has 2 rings (SSSR count). The van der Waals surface area contributed by atoms with E-state index in [2.05, 4.69) is 29.2 Å². The Hall–Kier alpha value is -2.65. The maximum absolute atomic E-state index is 11.0. The highest BCUT2D eigenvalue weighted by atomic mass is 16.5. The topological polar surface area (TPSA) is 139 Å². The highest BCUT2D eigenvalue weighted by Crippen LogP contribution is 2.05. The number of carboxylic acid groups (broad SMARTS) is 1. The first kappa shape index (κ1) is 26.4. The molecule has 1 fully saturated rings. The molecule has 2 amide bonds. The highest BCUT2D eigenvalue weighted by Gasteiger charge is 2.18. The second-order valence-corrected chi connectivity index (χ2v) is 7.96. The van der Waals surface area contributed by atoms with Gasteiger partial charge in [0.25, 0.3) is 0 Å². The Morgan fingerprint density at radius 1 is 1.10 bits per heavy atom. The lowest BCUT2D eigenvalue weighted by molar-refractivity contribution is -0.145. The second-order valence-electron chi connectivity index (χ2n) is 7.96. The van der Waals surface area contributed by atoms with E-state index in [0.717, 1.165) is 39.1 Å². The van der Waals surface area contributed by atoms with Crippen molar-refractivity contribution in [3.63, 3.8) is 0 Å². The number of urea groups is 1. The normalized spacial score (nSPS) is 15.0. The van der Waals surface area contributed by atoms with Crippen molar-refractivity contribution in [1.29, 1.82) is 0 Å². The molecule has 1 aliphatic heterocycles. The number of piperazine rings is 1. The standard InChI is InChI=1S/C13H19N3O.C9H17NO4/c14-13(17)16-10-8-15(9-11-16)7-6-12-4-2-1-3-5-12;1-6(2)5-14-8(11)4-3-7(10)9(12)13/h1-5H,6-11H2,(H2,14,17);6-7H,3-5,10H2,1-2H3,(H,12,13)/t;7-/m.0/s1. The van der Waals surface area contributed by atoms with Gasteiger partial charge in [-0.25, -0.2) is 4.79 Å². The van der Waals surface area contributed by atoms with Crippen LogP contribution in [0, 0.1) is 5.92 Å². The molecular formula is C22H36N4O5. The first-order valence-electron chi connectivity index (χ1n) is 10.6. The van der Waals surface area contributed by atoms with Crippen LogP contribution < -0.4 is 11.5 Å². The van der Waals surface area contributed by atoms with Gasteiger partial charge in [-0.15, -0.1) is 0 Å². The Labute approximate surface area is 184 Å². The van der Waals surface area contributed by atoms with E-state index < -0.39 is 18.0 Å². The van der Waals surface area contributed by atoms with Crippen molar-refractivity contribution in [2.75, 3.05) is 39.3 Å². The van der Waals surface area contributed by atoms with Gasteiger partial charge < -0.3 is 26.2 Å². The monoisotopic (exact) mass is 436 g/mol. The molecule has 1 aliphatic rings. The van der Waals surface area contributed by atoms with Gasteiger partial charge >= 0.3 is 18.0 Å². The fraction of sp³-hybridized carbons (Fsp3) is 0.591. The summed E-state index contributed by atoms with van der Waals surface area (Å²) in [5.74, 6) is -1.20. The number of carboxylic acids is 1. The van der Waals surface area contributed by atoms with E-state index in [9.17, 15) is 14.4 Å². The Kier molecular flexibility index (Phi) is 12.2. The first-order chi connectivity index (χ1) is 14.7. The number of hydrogen-bond donors (Lipinski definition) is 3. The summed E-state index contributed by atoms with van der Waals surface area (Å²) < 4.78 is 4.85. The van der Waals surface area contributed by atoms with Crippen molar-refractivity contribution in [2.24, 2.45) is 17.4 Å². The Balaban J connectivity index is 0.000000318. The third-order valence-electron chi connectivity index (χ3n) is 4.80. The number of hydrogen-bond acceptors (Lipinski definition) is 6. The predicted octanol–water partition coefficient (Wildman–Crippen LogP) is 1.30. The number of benzene rings is 1. The Morgan fingerprint density at radius 2 is 1.71 bits per heavy atom. The van der Waals surface area contributed by atoms with Gasteiger partial charge in [-0.05, 0) is 24.3 Å². The quantitative estimate of drug-likeness (QED) is 0.496. The van der Waals surface area contributed by atoms with Crippen molar-refractivity contribution in [1.82, 2.24) is 9.80 Å². The average molecular weight is 437 g/mol. The largest absolute Gasteiger partial charge is 0.480 e. The van der Waals surface area contributed by atoms with E-state index in [1.54, 1.807) is 4.90 Å². The van der Waals surface area contributed by atoms with Gasteiger partial charge in [0.2, 0.25) is 0 Å². The van der Waals surface area contributed by atoms with Crippen LogP contribution in [0.3, 0.4) is 0 Å². The summed E-state index contributed by atoms with van der Waals surface area (Å²) in [6, 6.07) is 9.20. The number of ether oxygens (including phenoxy) is 1. The van der Waals surface area contributed by atoms with Crippen molar-refractivity contribution in [3.05, 3.63) is 35.9 Å². The maximum Gasteiger partial charge on any atom is 0.320 e. The molecule has 1 heterocycles. The minimum atomic E-state index is -1.10. The Bertz CT molecular complexity index is 676. The van der Waals surface area contributed by atoms with E-state index >= 15 is 0 Å². The van der Waals surface area contributed by atoms with Crippen LogP contribution in [0.15, 0.2) is 30.3 Å². The molecule has 0 aliphatic carbocycles. The van der Waals surface area contributed by atoms with E-state index in [0.29, 0.717) is 6.61 Å². The fourth-order valence-electron chi connectivity index (χ4n) is 2.85. The van der Waals surface area contributed by atoms with Crippen LogP contribution >= 0.6 is 0 Å². The molecule has 0 radical (unpaired) electrons. The lowest BCUT2D eigenvalue weighted by Crippen LogP contribution is -2.50. The summed E-state index contributed by atoms with van der Waals surface area (Å²) in [5.41, 5.74) is 11.8. The van der Waals surface area contributed by atoms with Gasteiger partial charge in [0, 0.05) is 39.1 Å². The molecule has 0 bridgehead atoms. The lowest BCUT2D eigenvalue weighted by Gasteiger charge is -2.33. The van der Waals surface area contributed by atoms with Gasteiger partial charge in [-0.3, -0.25) is 14.5 Å². The zero-order valence-electron chi connectivity index (χ0n) is 18.5. The number of nitrogens with two attached hydrogens (primary N) is 2. The van der Waals surface area contributed by atoms with E-state index in [-0.39, 0.29) is 24.8 Å². The highest BCUT2D eigenvalue weighted by molar-refractivity contribution is 5.75. The number of amides is 2. The molecule has 174 valence electrons. The first-order valence-corrected chi connectivity index (χ1v) is 10.6. The van der Waals surface area contributed by atoms with E-state index in [4.69, 9.17) is 21.3 Å². The number of aliphatic carboxylic acids is 1. The third-order valence-corrected chi connectivity index (χ3v) is 4.80. The van der Waals surface area contributed by atoms with Gasteiger partial charge in [0.1, 0.15) is 6.04 Å². The summed E-state index contributed by atoms with van der Waals surface area (Å²) in [6.07, 6.45) is 1.24. The summed E-state index contributed by atoms with van der Waals surface area (Å²) in [5, 5.41) is 8.44. The SMILES string of the molecule is CC(C)COC(=O)CC[C@H](N)C(=O)O.NC(=O)N1CCN(CCc2ccccc2)CC1. The molecule has 9 nitrogen and oxygen atoms in total. The summed E-state index contributed by atoms with van der Waals surface area (Å²) >= 11 is 0. The van der Waals surface area contributed by atoms with Crippen LogP contribution in [0.1, 0.15) is 32.3 Å². The average Bonchev–Trinajstić information content (AvgIpc) is 2.76. The molecule has 5 N–H and O–H groups in total. The lowest BCUT2D eigenvalue weighted by atomic mass is 10.1. The number of rotatable bonds is 9. The van der Waals surface area contributed by atoms with Gasteiger partial charge in [-0.1, -0.05) is 44.2 Å². The van der Waals surface area contributed by atoms with Crippen molar-refractivity contribution in [2.45, 2.75) is 39.2 Å². The summed E-state index contributed by atoms with van der Waals surface area (Å²) in [4.78, 5) is 36.4. The van der Waals surface area contributed by atoms with Crippen molar-refractivity contribution >= 4 is 18.0 Å². The summed E-state index contributed by atoms with van der Waals surface area (Å²) in [7, 11) is 0. The molecule has 0 saturated carbocycles. The molecule has 0 spiro atoms. The van der Waals surface area contributed by atoms with Gasteiger partial charge in [0.15, 0.2) is 0 Å². The molecule has 31 heavy (non-hydrogen) atoms. The molecule has 1 aromatic rings. The fourth-order valence-corrected chi connectivity index (χ4v) is 2.85. The Morgan fingerprint density at radius 3 is 2.23 bits per heavy atom. The third kappa shape index (κ3) is 12.0. The molecule has 0 unspecified atom stereocenters. The summed E-state index contributed by atoms with van der Waals surface area (Å²) in [6.45, 7) is 8.63. The maximum atomic E-state index is 11.0. The molecule has 9 heteroatoms. The van der Waals surface area contributed by atoms with Crippen molar-refractivity contribution in [3.8, 4) is 0 Å². The van der Waals surface area contributed by atoms with Crippen LogP contribution in [0.4, 0.5) is 4.79 Å². The molecule has 0 aromatic heterocycles. The smallest absolute Gasteiger partial charge is 0.320 e. The van der Waals surface area contributed by atoms with Crippen LogP contribution in [-0.4, -0.2) is 78.2 Å². The van der Waals surface area contributed by atoms with E-state index in [1.165, 1.54) is 5.56 Å². The second kappa shape index (κ2) is 14.4. The number of carbonyl (C=O) groups is 3. The predicted molar refractivity (Wildman–Crippen MR) is 118 cm³/mol. The van der Waals surface area contributed by atoms with Gasteiger partial charge in [-0.2, -0.15) is 0 Å². The van der Waals surface area contributed by atoms with Crippen LogP contribution in [0.5, 0.6) is 0 Å². The minimum Gasteiger partial charge on any atom is -0.480 e. The minimum absolute atomic E-state index is 0.0557.